The minimum atomic E-state index is -5.27. The quantitative estimate of drug-likeness (QED) is 0.852. The Bertz CT molecular complexity index is 583. The summed E-state index contributed by atoms with van der Waals surface area (Å²) in [5.74, 6) is 0. The lowest BCUT2D eigenvalue weighted by Gasteiger charge is -2.18. The van der Waals surface area contributed by atoms with Gasteiger partial charge in [-0.2, -0.15) is 26.3 Å². The number of halogens is 6. The molecule has 1 rings (SSSR count). The van der Waals surface area contributed by atoms with Gasteiger partial charge in [-0.3, -0.25) is 0 Å². The molecular formula is C10H9F6NO2S. The van der Waals surface area contributed by atoms with E-state index in [1.54, 1.807) is 0 Å². The maximum absolute atomic E-state index is 12.8. The standard InChI is InChI=1S/C10H9F6NO2S/c1-2-5-3-6(9(11,12)13)8(20(17,18)19)7(4-5)10(14,15)16/h3-4H,2H2,1H3,(H2,17,18,19). The van der Waals surface area contributed by atoms with Crippen LogP contribution in [0.4, 0.5) is 26.3 Å². The summed E-state index contributed by atoms with van der Waals surface area (Å²) in [6, 6.07) is 0.712. The smallest absolute Gasteiger partial charge is 0.225 e. The number of primary sulfonamides is 1. The summed E-state index contributed by atoms with van der Waals surface area (Å²) in [5, 5.41) is 4.52. The Morgan fingerprint density at radius 1 is 1.00 bits per heavy atom. The summed E-state index contributed by atoms with van der Waals surface area (Å²) in [6.45, 7) is 1.34. The molecule has 0 spiro atoms. The zero-order valence-corrected chi connectivity index (χ0v) is 10.7. The van der Waals surface area contributed by atoms with Crippen molar-refractivity contribution in [2.45, 2.75) is 30.6 Å². The highest BCUT2D eigenvalue weighted by Crippen LogP contribution is 2.42. The van der Waals surface area contributed by atoms with Gasteiger partial charge in [0.1, 0.15) is 4.90 Å². The summed E-state index contributed by atoms with van der Waals surface area (Å²) < 4.78 is 98.9. The molecule has 3 nitrogen and oxygen atoms in total. The van der Waals surface area contributed by atoms with Crippen LogP contribution in [-0.4, -0.2) is 8.42 Å². The van der Waals surface area contributed by atoms with Crippen molar-refractivity contribution < 1.29 is 34.8 Å². The van der Waals surface area contributed by atoms with Crippen LogP contribution in [-0.2, 0) is 28.8 Å². The molecule has 0 saturated heterocycles. The normalized spacial score (nSPS) is 13.6. The molecule has 0 aliphatic rings. The number of benzene rings is 1. The van der Waals surface area contributed by atoms with Crippen molar-refractivity contribution in [2.75, 3.05) is 0 Å². The van der Waals surface area contributed by atoms with Crippen LogP contribution in [0.25, 0.3) is 0 Å². The maximum Gasteiger partial charge on any atom is 0.417 e. The number of nitrogens with two attached hydrogens (primary N) is 1. The Balaban J connectivity index is 3.93. The monoisotopic (exact) mass is 321 g/mol. The van der Waals surface area contributed by atoms with Gasteiger partial charge in [-0.25, -0.2) is 13.6 Å². The summed E-state index contributed by atoms with van der Waals surface area (Å²) in [5.41, 5.74) is -4.12. The zero-order chi connectivity index (χ0) is 15.9. The van der Waals surface area contributed by atoms with Crippen LogP contribution >= 0.6 is 0 Å². The Labute approximate surface area is 110 Å². The number of aryl methyl sites for hydroxylation is 1. The van der Waals surface area contributed by atoms with E-state index in [2.05, 4.69) is 5.14 Å². The second kappa shape index (κ2) is 4.92. The van der Waals surface area contributed by atoms with Gasteiger partial charge in [0.2, 0.25) is 10.0 Å². The molecule has 114 valence electrons. The van der Waals surface area contributed by atoms with Crippen molar-refractivity contribution in [3.63, 3.8) is 0 Å². The first kappa shape index (κ1) is 16.8. The Morgan fingerprint density at radius 2 is 1.35 bits per heavy atom. The molecule has 0 saturated carbocycles. The van der Waals surface area contributed by atoms with E-state index in [1.165, 1.54) is 6.92 Å². The van der Waals surface area contributed by atoms with Gasteiger partial charge in [-0.15, -0.1) is 0 Å². The molecule has 20 heavy (non-hydrogen) atoms. The van der Waals surface area contributed by atoms with E-state index in [0.717, 1.165) is 0 Å². The number of hydrogen-bond donors (Lipinski definition) is 1. The second-order valence-corrected chi connectivity index (χ2v) is 5.41. The summed E-state index contributed by atoms with van der Waals surface area (Å²) in [6.07, 6.45) is -10.7. The molecular weight excluding hydrogens is 312 g/mol. The maximum atomic E-state index is 12.8. The average molecular weight is 321 g/mol. The SMILES string of the molecule is CCc1cc(C(F)(F)F)c(S(N)(=O)=O)c(C(F)(F)F)c1. The van der Waals surface area contributed by atoms with Crippen LogP contribution in [0.1, 0.15) is 23.6 Å². The van der Waals surface area contributed by atoms with Gasteiger partial charge in [-0.1, -0.05) is 6.92 Å². The molecule has 0 atom stereocenters. The van der Waals surface area contributed by atoms with Gasteiger partial charge >= 0.3 is 12.4 Å². The first-order valence-electron chi connectivity index (χ1n) is 5.12. The van der Waals surface area contributed by atoms with Crippen LogP contribution in [0.15, 0.2) is 17.0 Å². The van der Waals surface area contributed by atoms with E-state index < -0.39 is 38.4 Å². The van der Waals surface area contributed by atoms with E-state index in [4.69, 9.17) is 0 Å². The lowest BCUT2D eigenvalue weighted by molar-refractivity contribution is -0.147. The number of sulfonamides is 1. The Hall–Kier alpha value is -1.29. The van der Waals surface area contributed by atoms with E-state index in [1.807, 2.05) is 0 Å². The van der Waals surface area contributed by atoms with Gasteiger partial charge in [0.15, 0.2) is 0 Å². The second-order valence-electron chi connectivity index (χ2n) is 3.91. The molecule has 0 unspecified atom stereocenters. The van der Waals surface area contributed by atoms with E-state index in [-0.39, 0.29) is 12.0 Å². The van der Waals surface area contributed by atoms with Crippen molar-refractivity contribution in [3.8, 4) is 0 Å². The predicted octanol–water partition coefficient (Wildman–Crippen LogP) is 2.93. The largest absolute Gasteiger partial charge is 0.417 e. The lowest BCUT2D eigenvalue weighted by atomic mass is 10.0. The topological polar surface area (TPSA) is 60.2 Å². The van der Waals surface area contributed by atoms with E-state index >= 15 is 0 Å². The van der Waals surface area contributed by atoms with E-state index in [9.17, 15) is 34.8 Å². The highest BCUT2D eigenvalue weighted by molar-refractivity contribution is 7.89. The first-order chi connectivity index (χ1) is 8.78. The lowest BCUT2D eigenvalue weighted by Crippen LogP contribution is -2.24. The molecule has 0 radical (unpaired) electrons. The number of rotatable bonds is 2. The highest BCUT2D eigenvalue weighted by Gasteiger charge is 2.44. The molecule has 0 amide bonds. The molecule has 0 heterocycles. The van der Waals surface area contributed by atoms with Crippen molar-refractivity contribution in [3.05, 3.63) is 28.8 Å². The summed E-state index contributed by atoms with van der Waals surface area (Å²) in [7, 11) is -5.20. The molecule has 10 heteroatoms. The number of alkyl halides is 6. The van der Waals surface area contributed by atoms with Crippen LogP contribution in [0.2, 0.25) is 0 Å². The molecule has 0 aromatic heterocycles. The highest BCUT2D eigenvalue weighted by atomic mass is 32.2. The van der Waals surface area contributed by atoms with Gasteiger partial charge in [-0.05, 0) is 24.1 Å². The van der Waals surface area contributed by atoms with Crippen molar-refractivity contribution in [1.29, 1.82) is 0 Å². The van der Waals surface area contributed by atoms with Crippen LogP contribution in [0, 0.1) is 0 Å². The molecule has 0 aliphatic carbocycles. The minimum absolute atomic E-state index is 0.128. The Kier molecular flexibility index (Phi) is 4.12. The molecule has 0 aliphatic heterocycles. The average Bonchev–Trinajstić information content (AvgIpc) is 2.23. The number of hydrogen-bond acceptors (Lipinski definition) is 2. The summed E-state index contributed by atoms with van der Waals surface area (Å²) in [4.78, 5) is -1.95. The van der Waals surface area contributed by atoms with Crippen molar-refractivity contribution >= 4 is 10.0 Å². The van der Waals surface area contributed by atoms with Gasteiger partial charge in [0.25, 0.3) is 0 Å². The van der Waals surface area contributed by atoms with Gasteiger partial charge in [0.05, 0.1) is 11.1 Å². The van der Waals surface area contributed by atoms with Gasteiger partial charge < -0.3 is 0 Å². The van der Waals surface area contributed by atoms with Crippen molar-refractivity contribution in [2.24, 2.45) is 5.14 Å². The summed E-state index contributed by atoms with van der Waals surface area (Å²) >= 11 is 0. The molecule has 2 N–H and O–H groups in total. The Morgan fingerprint density at radius 3 is 1.55 bits per heavy atom. The first-order valence-corrected chi connectivity index (χ1v) is 6.67. The van der Waals surface area contributed by atoms with Crippen molar-refractivity contribution in [1.82, 2.24) is 0 Å². The van der Waals surface area contributed by atoms with E-state index in [0.29, 0.717) is 12.1 Å². The fourth-order valence-electron chi connectivity index (χ4n) is 1.62. The predicted molar refractivity (Wildman–Crippen MR) is 57.2 cm³/mol. The third-order valence-corrected chi connectivity index (χ3v) is 3.46. The fourth-order valence-corrected chi connectivity index (χ4v) is 2.58. The molecule has 0 fully saturated rings. The molecule has 1 aromatic carbocycles. The van der Waals surface area contributed by atoms with Crippen LogP contribution in [0.5, 0.6) is 0 Å². The minimum Gasteiger partial charge on any atom is -0.225 e. The van der Waals surface area contributed by atoms with Crippen LogP contribution in [0.3, 0.4) is 0 Å². The molecule has 0 bridgehead atoms. The fraction of sp³-hybridized carbons (Fsp3) is 0.400. The zero-order valence-electron chi connectivity index (χ0n) is 9.93. The third-order valence-electron chi connectivity index (χ3n) is 2.45. The molecule has 1 aromatic rings. The van der Waals surface area contributed by atoms with Crippen LogP contribution < -0.4 is 5.14 Å². The van der Waals surface area contributed by atoms with Gasteiger partial charge in [0, 0.05) is 0 Å². The third kappa shape index (κ3) is 3.42.